The van der Waals surface area contributed by atoms with Crippen molar-refractivity contribution in [2.24, 2.45) is 5.92 Å². The van der Waals surface area contributed by atoms with Crippen molar-refractivity contribution in [1.29, 1.82) is 0 Å². The average molecular weight is 289 g/mol. The molecule has 0 aromatic heterocycles. The van der Waals surface area contributed by atoms with Crippen molar-refractivity contribution in [3.63, 3.8) is 0 Å². The van der Waals surface area contributed by atoms with Gasteiger partial charge in [-0.2, -0.15) is 0 Å². The molecule has 0 spiro atoms. The third-order valence-electron chi connectivity index (χ3n) is 4.29. The molecule has 1 aliphatic rings. The molecule has 0 unspecified atom stereocenters. The zero-order valence-corrected chi connectivity index (χ0v) is 12.8. The number of benzene rings is 1. The number of carbonyl (C=O) groups excluding carboxylic acids is 1. The van der Waals surface area contributed by atoms with Crippen LogP contribution in [0.4, 0.5) is 0 Å². The highest BCUT2D eigenvalue weighted by Gasteiger charge is 2.24. The second-order valence-corrected chi connectivity index (χ2v) is 5.95. The standard InChI is InChI=1S/C17H23NO3/c1-12-3-4-13(2)15(11-12)16(19)7-10-18-8-5-14(6-9-18)17(20)21/h3-4,11,14H,5-10H2,1-2H3,(H,20,21). The molecule has 0 radical (unpaired) electrons. The number of carbonyl (C=O) groups is 2. The van der Waals surface area contributed by atoms with Gasteiger partial charge in [0.1, 0.15) is 0 Å². The zero-order valence-electron chi connectivity index (χ0n) is 12.8. The number of hydrogen-bond donors (Lipinski definition) is 1. The third kappa shape index (κ3) is 4.14. The van der Waals surface area contributed by atoms with Gasteiger partial charge in [0.2, 0.25) is 0 Å². The number of ketones is 1. The Kier molecular flexibility index (Phi) is 5.12. The fourth-order valence-electron chi connectivity index (χ4n) is 2.83. The van der Waals surface area contributed by atoms with Gasteiger partial charge in [0, 0.05) is 18.5 Å². The Morgan fingerprint density at radius 1 is 1.24 bits per heavy atom. The number of hydrogen-bond acceptors (Lipinski definition) is 3. The summed E-state index contributed by atoms with van der Waals surface area (Å²) in [6.45, 7) is 6.23. The van der Waals surface area contributed by atoms with Crippen LogP contribution in [0, 0.1) is 19.8 Å². The van der Waals surface area contributed by atoms with Crippen molar-refractivity contribution in [2.75, 3.05) is 19.6 Å². The van der Waals surface area contributed by atoms with Crippen LogP contribution in [0.15, 0.2) is 18.2 Å². The van der Waals surface area contributed by atoms with Gasteiger partial charge >= 0.3 is 5.97 Å². The van der Waals surface area contributed by atoms with Gasteiger partial charge in [-0.3, -0.25) is 9.59 Å². The monoisotopic (exact) mass is 289 g/mol. The predicted molar refractivity (Wildman–Crippen MR) is 81.7 cm³/mol. The van der Waals surface area contributed by atoms with Crippen LogP contribution in [-0.4, -0.2) is 41.4 Å². The Labute approximate surface area is 125 Å². The molecular weight excluding hydrogens is 266 g/mol. The van der Waals surface area contributed by atoms with Crippen molar-refractivity contribution >= 4 is 11.8 Å². The first-order chi connectivity index (χ1) is 9.97. The molecule has 0 saturated carbocycles. The number of aliphatic carboxylic acids is 1. The summed E-state index contributed by atoms with van der Waals surface area (Å²) in [5.74, 6) is -0.728. The summed E-state index contributed by atoms with van der Waals surface area (Å²) in [6.07, 6.45) is 1.88. The maximum Gasteiger partial charge on any atom is 0.306 e. The summed E-state index contributed by atoms with van der Waals surface area (Å²) in [6, 6.07) is 5.96. The molecule has 0 atom stereocenters. The minimum atomic E-state index is -0.693. The Morgan fingerprint density at radius 2 is 1.90 bits per heavy atom. The van der Waals surface area contributed by atoms with Gasteiger partial charge in [0.15, 0.2) is 5.78 Å². The lowest BCUT2D eigenvalue weighted by molar-refractivity contribution is -0.143. The van der Waals surface area contributed by atoms with Crippen molar-refractivity contribution in [3.05, 3.63) is 34.9 Å². The first-order valence-corrected chi connectivity index (χ1v) is 7.53. The first-order valence-electron chi connectivity index (χ1n) is 7.53. The molecule has 0 bridgehead atoms. The number of piperidine rings is 1. The molecule has 1 saturated heterocycles. The van der Waals surface area contributed by atoms with E-state index in [-0.39, 0.29) is 11.7 Å². The molecular formula is C17H23NO3. The summed E-state index contributed by atoms with van der Waals surface area (Å²) in [5, 5.41) is 8.98. The van der Waals surface area contributed by atoms with Gasteiger partial charge < -0.3 is 10.0 Å². The second kappa shape index (κ2) is 6.85. The number of rotatable bonds is 5. The quantitative estimate of drug-likeness (QED) is 0.847. The molecule has 4 nitrogen and oxygen atoms in total. The van der Waals surface area contributed by atoms with E-state index in [0.717, 1.165) is 36.3 Å². The van der Waals surface area contributed by atoms with Crippen LogP contribution in [0.1, 0.15) is 40.7 Å². The SMILES string of the molecule is Cc1ccc(C)c(C(=O)CCN2CCC(C(=O)O)CC2)c1. The molecule has 1 N–H and O–H groups in total. The van der Waals surface area contributed by atoms with E-state index in [1.165, 1.54) is 0 Å². The largest absolute Gasteiger partial charge is 0.481 e. The maximum absolute atomic E-state index is 12.3. The van der Waals surface area contributed by atoms with E-state index in [9.17, 15) is 9.59 Å². The molecule has 4 heteroatoms. The molecule has 1 aliphatic heterocycles. The summed E-state index contributed by atoms with van der Waals surface area (Å²) >= 11 is 0. The number of nitrogens with zero attached hydrogens (tertiary/aromatic N) is 1. The smallest absolute Gasteiger partial charge is 0.306 e. The molecule has 114 valence electrons. The van der Waals surface area contributed by atoms with Gasteiger partial charge in [-0.15, -0.1) is 0 Å². The molecule has 2 rings (SSSR count). The summed E-state index contributed by atoms with van der Waals surface area (Å²) in [5.41, 5.74) is 2.94. The third-order valence-corrected chi connectivity index (χ3v) is 4.29. The van der Waals surface area contributed by atoms with E-state index in [1.54, 1.807) is 0 Å². The van der Waals surface area contributed by atoms with Crippen LogP contribution >= 0.6 is 0 Å². The lowest BCUT2D eigenvalue weighted by Gasteiger charge is -2.29. The minimum Gasteiger partial charge on any atom is -0.481 e. The van der Waals surface area contributed by atoms with Gasteiger partial charge in [0.25, 0.3) is 0 Å². The molecule has 0 amide bonds. The van der Waals surface area contributed by atoms with E-state index >= 15 is 0 Å². The zero-order chi connectivity index (χ0) is 15.4. The Balaban J connectivity index is 1.85. The van der Waals surface area contributed by atoms with E-state index in [4.69, 9.17) is 5.11 Å². The number of carboxylic acid groups (broad SMARTS) is 1. The highest BCUT2D eigenvalue weighted by molar-refractivity contribution is 5.97. The summed E-state index contributed by atoms with van der Waals surface area (Å²) in [4.78, 5) is 25.4. The molecule has 1 heterocycles. The molecule has 0 aliphatic carbocycles. The first kappa shape index (κ1) is 15.7. The number of carboxylic acids is 1. The summed E-state index contributed by atoms with van der Waals surface area (Å²) in [7, 11) is 0. The van der Waals surface area contributed by atoms with Crippen LogP contribution in [0.25, 0.3) is 0 Å². The van der Waals surface area contributed by atoms with Crippen molar-refractivity contribution < 1.29 is 14.7 Å². The molecule has 21 heavy (non-hydrogen) atoms. The number of likely N-dealkylation sites (tertiary alicyclic amines) is 1. The minimum absolute atomic E-state index is 0.177. The topological polar surface area (TPSA) is 57.6 Å². The fourth-order valence-corrected chi connectivity index (χ4v) is 2.83. The Bertz CT molecular complexity index is 531. The van der Waals surface area contributed by atoms with Crippen LogP contribution in [0.3, 0.4) is 0 Å². The maximum atomic E-state index is 12.3. The van der Waals surface area contributed by atoms with Crippen LogP contribution in [0.5, 0.6) is 0 Å². The van der Waals surface area contributed by atoms with Gasteiger partial charge in [-0.05, 0) is 51.4 Å². The van der Waals surface area contributed by atoms with Crippen LogP contribution in [-0.2, 0) is 4.79 Å². The van der Waals surface area contributed by atoms with E-state index in [2.05, 4.69) is 4.90 Å². The number of aryl methyl sites for hydroxylation is 2. The number of Topliss-reactive ketones (excluding diaryl/α,β-unsaturated/α-hetero) is 1. The van der Waals surface area contributed by atoms with E-state index in [1.807, 2.05) is 32.0 Å². The highest BCUT2D eigenvalue weighted by atomic mass is 16.4. The van der Waals surface area contributed by atoms with Gasteiger partial charge in [0.05, 0.1) is 5.92 Å². The second-order valence-electron chi connectivity index (χ2n) is 5.95. The normalized spacial score (nSPS) is 16.9. The van der Waals surface area contributed by atoms with Crippen LogP contribution < -0.4 is 0 Å². The Morgan fingerprint density at radius 3 is 2.52 bits per heavy atom. The lowest BCUT2D eigenvalue weighted by Crippen LogP contribution is -2.37. The van der Waals surface area contributed by atoms with Crippen molar-refractivity contribution in [1.82, 2.24) is 4.90 Å². The summed E-state index contributed by atoms with van der Waals surface area (Å²) < 4.78 is 0. The highest BCUT2D eigenvalue weighted by Crippen LogP contribution is 2.18. The van der Waals surface area contributed by atoms with E-state index < -0.39 is 5.97 Å². The van der Waals surface area contributed by atoms with Crippen molar-refractivity contribution in [2.45, 2.75) is 33.1 Å². The van der Waals surface area contributed by atoms with Gasteiger partial charge in [-0.1, -0.05) is 17.7 Å². The van der Waals surface area contributed by atoms with E-state index in [0.29, 0.717) is 19.3 Å². The van der Waals surface area contributed by atoms with Crippen LogP contribution in [0.2, 0.25) is 0 Å². The lowest BCUT2D eigenvalue weighted by atomic mass is 9.96. The average Bonchev–Trinajstić information content (AvgIpc) is 2.47. The Hall–Kier alpha value is -1.68. The molecule has 1 fully saturated rings. The van der Waals surface area contributed by atoms with Gasteiger partial charge in [-0.25, -0.2) is 0 Å². The predicted octanol–water partition coefficient (Wildman–Crippen LogP) is 2.67. The van der Waals surface area contributed by atoms with Crippen molar-refractivity contribution in [3.8, 4) is 0 Å². The fraction of sp³-hybridized carbons (Fsp3) is 0.529. The molecule has 1 aromatic carbocycles. The molecule has 1 aromatic rings.